The first-order chi connectivity index (χ1) is 10.7. The number of fused-ring (bicyclic) bond motifs is 5. The van der Waals surface area contributed by atoms with Gasteiger partial charge in [0.1, 0.15) is 0 Å². The normalized spacial score (nSPS) is 18.0. The number of hydrogen-bond acceptors (Lipinski definition) is 0. The maximum absolute atomic E-state index is 2.40. The Kier molecular flexibility index (Phi) is 3.41. The average molecular weight is 288 g/mol. The van der Waals surface area contributed by atoms with E-state index in [2.05, 4.69) is 62.4 Å². The molecular weight excluding hydrogens is 264 g/mol. The summed E-state index contributed by atoms with van der Waals surface area (Å²) in [6, 6.07) is 18.1. The van der Waals surface area contributed by atoms with Crippen molar-refractivity contribution in [1.82, 2.24) is 0 Å². The molecule has 3 aromatic carbocycles. The molecule has 112 valence electrons. The lowest BCUT2D eigenvalue weighted by atomic mass is 9.78. The van der Waals surface area contributed by atoms with Crippen LogP contribution < -0.4 is 0 Å². The van der Waals surface area contributed by atoms with E-state index in [1.54, 1.807) is 11.1 Å². The van der Waals surface area contributed by atoms with Crippen LogP contribution in [0.5, 0.6) is 0 Å². The lowest BCUT2D eigenvalue weighted by Gasteiger charge is -2.27. The molecular formula is C22H24. The van der Waals surface area contributed by atoms with E-state index in [4.69, 9.17) is 0 Å². The summed E-state index contributed by atoms with van der Waals surface area (Å²) in [5, 5.41) is 5.66. The highest BCUT2D eigenvalue weighted by molar-refractivity contribution is 6.08. The van der Waals surface area contributed by atoms with E-state index in [1.807, 2.05) is 0 Å². The van der Waals surface area contributed by atoms with E-state index >= 15 is 0 Å². The predicted molar refractivity (Wildman–Crippen MR) is 96.4 cm³/mol. The number of aryl methyl sites for hydroxylation is 1. The highest BCUT2D eigenvalue weighted by Crippen LogP contribution is 2.36. The maximum atomic E-state index is 2.40. The highest BCUT2D eigenvalue weighted by Gasteiger charge is 2.21. The topological polar surface area (TPSA) is 0 Å². The Morgan fingerprint density at radius 1 is 0.909 bits per heavy atom. The van der Waals surface area contributed by atoms with Crippen molar-refractivity contribution in [3.8, 4) is 0 Å². The predicted octanol–water partition coefficient (Wildman–Crippen LogP) is 6.14. The Morgan fingerprint density at radius 2 is 1.73 bits per heavy atom. The summed E-state index contributed by atoms with van der Waals surface area (Å²) < 4.78 is 0. The minimum atomic E-state index is 0.816. The zero-order valence-corrected chi connectivity index (χ0v) is 13.6. The Balaban J connectivity index is 1.82. The van der Waals surface area contributed by atoms with Gasteiger partial charge < -0.3 is 0 Å². The molecule has 4 rings (SSSR count). The third kappa shape index (κ3) is 2.31. The molecule has 0 radical (unpaired) electrons. The molecule has 0 spiro atoms. The third-order valence-corrected chi connectivity index (χ3v) is 5.25. The van der Waals surface area contributed by atoms with Gasteiger partial charge in [0.2, 0.25) is 0 Å². The van der Waals surface area contributed by atoms with Crippen LogP contribution >= 0.6 is 0 Å². The van der Waals surface area contributed by atoms with Gasteiger partial charge in [-0.2, -0.15) is 0 Å². The van der Waals surface area contributed by atoms with Crippen molar-refractivity contribution in [2.24, 2.45) is 11.8 Å². The monoisotopic (exact) mass is 288 g/mol. The fourth-order valence-corrected chi connectivity index (χ4v) is 4.31. The number of benzene rings is 3. The van der Waals surface area contributed by atoms with Gasteiger partial charge in [-0.1, -0.05) is 62.4 Å². The molecule has 0 nitrogen and oxygen atoms in total. The van der Waals surface area contributed by atoms with Crippen molar-refractivity contribution in [3.05, 3.63) is 59.7 Å². The average Bonchev–Trinajstić information content (AvgIpc) is 2.53. The van der Waals surface area contributed by atoms with Crippen LogP contribution in [0.4, 0.5) is 0 Å². The fourth-order valence-electron chi connectivity index (χ4n) is 4.31. The SMILES string of the molecule is CC(C)CC1CCc2c(ccc3c2ccc2ccccc23)C1. The van der Waals surface area contributed by atoms with Crippen molar-refractivity contribution >= 4 is 21.5 Å². The molecule has 0 saturated heterocycles. The molecule has 22 heavy (non-hydrogen) atoms. The molecule has 1 atom stereocenters. The van der Waals surface area contributed by atoms with Crippen LogP contribution in [-0.2, 0) is 12.8 Å². The second-order valence-corrected chi connectivity index (χ2v) is 7.32. The van der Waals surface area contributed by atoms with Gasteiger partial charge in [0, 0.05) is 0 Å². The van der Waals surface area contributed by atoms with Gasteiger partial charge in [-0.15, -0.1) is 0 Å². The fraction of sp³-hybridized carbons (Fsp3) is 0.364. The Labute approximate surface area is 133 Å². The van der Waals surface area contributed by atoms with Crippen molar-refractivity contribution < 1.29 is 0 Å². The van der Waals surface area contributed by atoms with E-state index in [0.29, 0.717) is 0 Å². The quantitative estimate of drug-likeness (QED) is 0.496. The van der Waals surface area contributed by atoms with Gasteiger partial charge in [-0.05, 0) is 70.2 Å². The first-order valence-electron chi connectivity index (χ1n) is 8.64. The molecule has 1 unspecified atom stereocenters. The lowest BCUT2D eigenvalue weighted by Crippen LogP contribution is -2.16. The molecule has 0 N–H and O–H groups in total. The molecule has 0 aliphatic heterocycles. The lowest BCUT2D eigenvalue weighted by molar-refractivity contribution is 0.371. The van der Waals surface area contributed by atoms with Crippen LogP contribution in [-0.4, -0.2) is 0 Å². The molecule has 0 heterocycles. The molecule has 0 bridgehead atoms. The summed E-state index contributed by atoms with van der Waals surface area (Å²) in [6.45, 7) is 4.70. The molecule has 0 amide bonds. The van der Waals surface area contributed by atoms with Crippen molar-refractivity contribution in [2.75, 3.05) is 0 Å². The van der Waals surface area contributed by atoms with Gasteiger partial charge >= 0.3 is 0 Å². The number of hydrogen-bond donors (Lipinski definition) is 0. The summed E-state index contributed by atoms with van der Waals surface area (Å²) in [4.78, 5) is 0. The standard InChI is InChI=1S/C22H24/c1-15(2)13-16-7-10-20-18(14-16)9-12-21-19-6-4-3-5-17(19)8-11-22(20)21/h3-6,8-9,11-12,15-16H,7,10,13-14H2,1-2H3. The minimum Gasteiger partial charge on any atom is -0.0628 e. The first kappa shape index (κ1) is 13.8. The molecule has 1 aliphatic rings. The van der Waals surface area contributed by atoms with Gasteiger partial charge in [0.05, 0.1) is 0 Å². The van der Waals surface area contributed by atoms with E-state index < -0.39 is 0 Å². The van der Waals surface area contributed by atoms with Crippen molar-refractivity contribution in [2.45, 2.75) is 39.5 Å². The van der Waals surface area contributed by atoms with E-state index in [0.717, 1.165) is 11.8 Å². The second kappa shape index (κ2) is 5.43. The smallest absolute Gasteiger partial charge is 0.0102 e. The van der Waals surface area contributed by atoms with Crippen molar-refractivity contribution in [1.29, 1.82) is 0 Å². The maximum Gasteiger partial charge on any atom is -0.0102 e. The van der Waals surface area contributed by atoms with E-state index in [1.165, 1.54) is 47.2 Å². The van der Waals surface area contributed by atoms with Crippen LogP contribution in [0.1, 0.15) is 37.8 Å². The molecule has 3 aromatic rings. The minimum absolute atomic E-state index is 0.816. The van der Waals surface area contributed by atoms with E-state index in [9.17, 15) is 0 Å². The van der Waals surface area contributed by atoms with Gasteiger partial charge in [0.15, 0.2) is 0 Å². The summed E-state index contributed by atoms with van der Waals surface area (Å²) in [6.07, 6.45) is 5.25. The summed E-state index contributed by atoms with van der Waals surface area (Å²) >= 11 is 0. The third-order valence-electron chi connectivity index (χ3n) is 5.25. The Morgan fingerprint density at radius 3 is 2.59 bits per heavy atom. The summed E-state index contributed by atoms with van der Waals surface area (Å²) in [5.74, 6) is 1.70. The van der Waals surface area contributed by atoms with E-state index in [-0.39, 0.29) is 0 Å². The van der Waals surface area contributed by atoms with Gasteiger partial charge in [-0.25, -0.2) is 0 Å². The Bertz CT molecular complexity index is 826. The second-order valence-electron chi connectivity index (χ2n) is 7.32. The number of rotatable bonds is 2. The van der Waals surface area contributed by atoms with Gasteiger partial charge in [0.25, 0.3) is 0 Å². The molecule has 0 fully saturated rings. The largest absolute Gasteiger partial charge is 0.0628 e. The molecule has 1 aliphatic carbocycles. The van der Waals surface area contributed by atoms with Crippen LogP contribution in [0.25, 0.3) is 21.5 Å². The highest BCUT2D eigenvalue weighted by atomic mass is 14.3. The van der Waals surface area contributed by atoms with Crippen molar-refractivity contribution in [3.63, 3.8) is 0 Å². The van der Waals surface area contributed by atoms with Gasteiger partial charge in [-0.3, -0.25) is 0 Å². The molecule has 0 saturated carbocycles. The van der Waals surface area contributed by atoms with Crippen LogP contribution in [0.3, 0.4) is 0 Å². The summed E-state index contributed by atoms with van der Waals surface area (Å²) in [7, 11) is 0. The van der Waals surface area contributed by atoms with Crippen LogP contribution in [0.2, 0.25) is 0 Å². The zero-order chi connectivity index (χ0) is 15.1. The zero-order valence-electron chi connectivity index (χ0n) is 13.6. The molecule has 0 aromatic heterocycles. The summed E-state index contributed by atoms with van der Waals surface area (Å²) in [5.41, 5.74) is 3.21. The van der Waals surface area contributed by atoms with Crippen LogP contribution in [0.15, 0.2) is 48.5 Å². The Hall–Kier alpha value is -1.82. The molecule has 0 heteroatoms. The van der Waals surface area contributed by atoms with Crippen LogP contribution in [0, 0.1) is 11.8 Å². The first-order valence-corrected chi connectivity index (χ1v) is 8.64.